The lowest BCUT2D eigenvalue weighted by Crippen LogP contribution is -1.86. The molecule has 0 heterocycles. The van der Waals surface area contributed by atoms with Crippen LogP contribution in [-0.4, -0.2) is 6.29 Å². The highest BCUT2D eigenvalue weighted by atomic mass is 16.1. The molecular weight excluding hydrogens is 136 g/mol. The summed E-state index contributed by atoms with van der Waals surface area (Å²) >= 11 is 0. The van der Waals surface area contributed by atoms with Crippen molar-refractivity contribution in [2.45, 2.75) is 46.5 Å². The minimum Gasteiger partial charge on any atom is -0.298 e. The van der Waals surface area contributed by atoms with Crippen LogP contribution < -0.4 is 0 Å². The summed E-state index contributed by atoms with van der Waals surface area (Å²) in [5.74, 6) is 0. The Morgan fingerprint density at radius 1 is 1.27 bits per heavy atom. The van der Waals surface area contributed by atoms with Gasteiger partial charge in [0.15, 0.2) is 0 Å². The average molecular weight is 154 g/mol. The van der Waals surface area contributed by atoms with Gasteiger partial charge in [-0.1, -0.05) is 25.3 Å². The van der Waals surface area contributed by atoms with Crippen LogP contribution in [0.25, 0.3) is 0 Å². The molecule has 1 heteroatoms. The van der Waals surface area contributed by atoms with Gasteiger partial charge >= 0.3 is 0 Å². The van der Waals surface area contributed by atoms with Crippen LogP contribution >= 0.6 is 0 Å². The number of aldehydes is 1. The largest absolute Gasteiger partial charge is 0.298 e. The summed E-state index contributed by atoms with van der Waals surface area (Å²) in [4.78, 5) is 10.3. The predicted molar refractivity (Wildman–Crippen MR) is 48.6 cm³/mol. The molecule has 0 amide bonds. The molecule has 0 spiro atoms. The highest BCUT2D eigenvalue weighted by molar-refractivity contribution is 5.73. The summed E-state index contributed by atoms with van der Waals surface area (Å²) < 4.78 is 0. The molecule has 1 nitrogen and oxygen atoms in total. The Morgan fingerprint density at radius 2 is 1.91 bits per heavy atom. The standard InChI is InChI=1S/C10H18O/c1-4-5-6-7-9(2)10(3)8-11/h8H,4-7H2,1-3H3/b10-9+. The fourth-order valence-corrected chi connectivity index (χ4v) is 0.938. The van der Waals surface area contributed by atoms with E-state index in [0.717, 1.165) is 18.3 Å². The van der Waals surface area contributed by atoms with Gasteiger partial charge in [0, 0.05) is 0 Å². The molecule has 0 unspecified atom stereocenters. The van der Waals surface area contributed by atoms with E-state index in [4.69, 9.17) is 0 Å². The summed E-state index contributed by atoms with van der Waals surface area (Å²) in [5.41, 5.74) is 2.15. The van der Waals surface area contributed by atoms with Crippen LogP contribution in [0.5, 0.6) is 0 Å². The molecule has 0 aromatic carbocycles. The minimum absolute atomic E-state index is 0.904. The SMILES string of the molecule is CCCCC/C(C)=C(\C)C=O. The molecular formula is C10H18O. The molecule has 0 aromatic rings. The Balaban J connectivity index is 3.67. The second kappa shape index (κ2) is 6.14. The van der Waals surface area contributed by atoms with Crippen LogP contribution in [0.4, 0.5) is 0 Å². The maximum atomic E-state index is 10.3. The maximum absolute atomic E-state index is 10.3. The van der Waals surface area contributed by atoms with Gasteiger partial charge in [-0.2, -0.15) is 0 Å². The van der Waals surface area contributed by atoms with E-state index in [1.807, 2.05) is 13.8 Å². The quantitative estimate of drug-likeness (QED) is 0.338. The van der Waals surface area contributed by atoms with Crippen LogP contribution in [-0.2, 0) is 4.79 Å². The second-order valence-corrected chi connectivity index (χ2v) is 3.04. The minimum atomic E-state index is 0.904. The lowest BCUT2D eigenvalue weighted by molar-refractivity contribution is -0.104. The Labute approximate surface area is 69.5 Å². The zero-order valence-electron chi connectivity index (χ0n) is 7.81. The van der Waals surface area contributed by atoms with E-state index in [0.29, 0.717) is 0 Å². The number of rotatable bonds is 5. The van der Waals surface area contributed by atoms with Crippen LogP contribution in [0.1, 0.15) is 46.5 Å². The summed E-state index contributed by atoms with van der Waals surface area (Å²) in [7, 11) is 0. The molecule has 0 aromatic heterocycles. The van der Waals surface area contributed by atoms with E-state index < -0.39 is 0 Å². The van der Waals surface area contributed by atoms with E-state index in [1.54, 1.807) is 0 Å². The van der Waals surface area contributed by atoms with E-state index in [-0.39, 0.29) is 0 Å². The van der Waals surface area contributed by atoms with Crippen LogP contribution in [0, 0.1) is 0 Å². The number of allylic oxidation sites excluding steroid dienone is 2. The highest BCUT2D eigenvalue weighted by Gasteiger charge is 1.94. The first-order chi connectivity index (χ1) is 5.22. The van der Waals surface area contributed by atoms with Crippen LogP contribution in [0.3, 0.4) is 0 Å². The number of unbranched alkanes of at least 4 members (excludes halogenated alkanes) is 2. The van der Waals surface area contributed by atoms with Crippen molar-refractivity contribution in [2.75, 3.05) is 0 Å². The van der Waals surface area contributed by atoms with Gasteiger partial charge in [-0.25, -0.2) is 0 Å². The Bertz CT molecular complexity index is 145. The first-order valence-electron chi connectivity index (χ1n) is 4.34. The van der Waals surface area contributed by atoms with E-state index in [9.17, 15) is 4.79 Å². The first kappa shape index (κ1) is 10.4. The lowest BCUT2D eigenvalue weighted by atomic mass is 10.1. The van der Waals surface area contributed by atoms with Gasteiger partial charge in [-0.3, -0.25) is 4.79 Å². The van der Waals surface area contributed by atoms with Crippen molar-refractivity contribution in [3.63, 3.8) is 0 Å². The van der Waals surface area contributed by atoms with Crippen molar-refractivity contribution >= 4 is 6.29 Å². The van der Waals surface area contributed by atoms with Crippen molar-refractivity contribution in [1.29, 1.82) is 0 Å². The zero-order valence-corrected chi connectivity index (χ0v) is 7.81. The molecule has 0 radical (unpaired) electrons. The molecule has 0 aliphatic carbocycles. The molecule has 11 heavy (non-hydrogen) atoms. The van der Waals surface area contributed by atoms with Crippen molar-refractivity contribution in [3.8, 4) is 0 Å². The molecule has 0 saturated heterocycles. The normalized spacial score (nSPS) is 12.6. The van der Waals surface area contributed by atoms with Crippen molar-refractivity contribution in [2.24, 2.45) is 0 Å². The fourth-order valence-electron chi connectivity index (χ4n) is 0.938. The van der Waals surface area contributed by atoms with Crippen molar-refractivity contribution < 1.29 is 4.79 Å². The van der Waals surface area contributed by atoms with E-state index in [1.165, 1.54) is 24.8 Å². The van der Waals surface area contributed by atoms with Gasteiger partial charge in [-0.05, 0) is 32.3 Å². The Morgan fingerprint density at radius 3 is 2.36 bits per heavy atom. The summed E-state index contributed by atoms with van der Waals surface area (Å²) in [6.45, 7) is 6.11. The van der Waals surface area contributed by atoms with Crippen LogP contribution in [0.15, 0.2) is 11.1 Å². The number of carbonyl (C=O) groups excluding carboxylic acids is 1. The Kier molecular flexibility index (Phi) is 5.81. The average Bonchev–Trinajstić information content (AvgIpc) is 2.03. The molecule has 0 aliphatic heterocycles. The van der Waals surface area contributed by atoms with Crippen molar-refractivity contribution in [3.05, 3.63) is 11.1 Å². The Hall–Kier alpha value is -0.590. The molecule has 0 bridgehead atoms. The first-order valence-corrected chi connectivity index (χ1v) is 4.34. The van der Waals surface area contributed by atoms with Crippen LogP contribution in [0.2, 0.25) is 0 Å². The predicted octanol–water partition coefficient (Wildman–Crippen LogP) is 3.10. The monoisotopic (exact) mass is 154 g/mol. The number of carbonyl (C=O) groups is 1. The van der Waals surface area contributed by atoms with Gasteiger partial charge in [0.25, 0.3) is 0 Å². The van der Waals surface area contributed by atoms with Gasteiger partial charge in [0.1, 0.15) is 6.29 Å². The summed E-state index contributed by atoms with van der Waals surface area (Å²) in [6, 6.07) is 0. The van der Waals surface area contributed by atoms with Gasteiger partial charge < -0.3 is 0 Å². The molecule has 0 saturated carbocycles. The number of hydrogen-bond donors (Lipinski definition) is 0. The van der Waals surface area contributed by atoms with Gasteiger partial charge in [-0.15, -0.1) is 0 Å². The molecule has 0 N–H and O–H groups in total. The molecule has 64 valence electrons. The third-order valence-corrected chi connectivity index (χ3v) is 2.01. The molecule has 0 rings (SSSR count). The van der Waals surface area contributed by atoms with E-state index >= 15 is 0 Å². The second-order valence-electron chi connectivity index (χ2n) is 3.04. The summed E-state index contributed by atoms with van der Waals surface area (Å²) in [5, 5.41) is 0. The summed E-state index contributed by atoms with van der Waals surface area (Å²) in [6.07, 6.45) is 5.75. The number of hydrogen-bond acceptors (Lipinski definition) is 1. The molecule has 0 fully saturated rings. The molecule has 0 atom stereocenters. The lowest BCUT2D eigenvalue weighted by Gasteiger charge is -2.00. The van der Waals surface area contributed by atoms with Crippen molar-refractivity contribution in [1.82, 2.24) is 0 Å². The third-order valence-electron chi connectivity index (χ3n) is 2.01. The smallest absolute Gasteiger partial charge is 0.145 e. The van der Waals surface area contributed by atoms with Gasteiger partial charge in [0.2, 0.25) is 0 Å². The third kappa shape index (κ3) is 4.77. The molecule has 0 aliphatic rings. The highest BCUT2D eigenvalue weighted by Crippen LogP contribution is 2.10. The fraction of sp³-hybridized carbons (Fsp3) is 0.700. The van der Waals surface area contributed by atoms with E-state index in [2.05, 4.69) is 6.92 Å². The zero-order chi connectivity index (χ0) is 8.69. The maximum Gasteiger partial charge on any atom is 0.145 e. The van der Waals surface area contributed by atoms with Gasteiger partial charge in [0.05, 0.1) is 0 Å². The topological polar surface area (TPSA) is 17.1 Å².